The molecule has 1 aromatic carbocycles. The summed E-state index contributed by atoms with van der Waals surface area (Å²) >= 11 is 0. The highest BCUT2D eigenvalue weighted by molar-refractivity contribution is 7.91. The topological polar surface area (TPSA) is 195 Å². The van der Waals surface area contributed by atoms with Crippen LogP contribution in [0.25, 0.3) is 10.8 Å². The molecule has 2 aliphatic carbocycles. The predicted octanol–water partition coefficient (Wildman–Crippen LogP) is 4.21. The van der Waals surface area contributed by atoms with Crippen LogP contribution in [-0.2, 0) is 33.9 Å². The first-order valence-corrected chi connectivity index (χ1v) is 22.6. The van der Waals surface area contributed by atoms with E-state index >= 15 is 0 Å². The molecule has 5 aliphatic rings. The summed E-state index contributed by atoms with van der Waals surface area (Å²) in [4.78, 5) is 65.5. The van der Waals surface area contributed by atoms with Gasteiger partial charge in [-0.3, -0.25) is 19.1 Å². The second kappa shape index (κ2) is 16.7. The fourth-order valence-corrected chi connectivity index (χ4v) is 9.86. The summed E-state index contributed by atoms with van der Waals surface area (Å²) < 4.78 is 51.3. The summed E-state index contributed by atoms with van der Waals surface area (Å²) in [6.07, 6.45) is 5.44. The second-order valence-electron chi connectivity index (χ2n) is 18.6. The molecule has 4 heterocycles. The van der Waals surface area contributed by atoms with E-state index in [1.807, 2.05) is 43.3 Å². The van der Waals surface area contributed by atoms with E-state index in [2.05, 4.69) is 27.2 Å². The number of hydrogen-bond acceptors (Lipinski definition) is 12. The molecule has 1 aromatic heterocycles. The lowest BCUT2D eigenvalue weighted by molar-refractivity contribution is -0.142. The summed E-state index contributed by atoms with van der Waals surface area (Å²) in [5.74, 6) is -0.972. The zero-order chi connectivity index (χ0) is 43.2. The number of sulfonamides is 1. The normalized spacial score (nSPS) is 29.6. The van der Waals surface area contributed by atoms with Gasteiger partial charge in [-0.05, 0) is 108 Å². The van der Waals surface area contributed by atoms with Gasteiger partial charge in [0, 0.05) is 30.8 Å². The number of nitrogens with zero attached hydrogens (tertiary/aromatic N) is 3. The summed E-state index contributed by atoms with van der Waals surface area (Å²) in [5, 5.41) is 7.29. The Morgan fingerprint density at radius 1 is 1.07 bits per heavy atom. The number of carbonyl (C=O) groups is 4. The average Bonchev–Trinajstić information content (AvgIpc) is 4.07. The van der Waals surface area contributed by atoms with Gasteiger partial charge in [-0.2, -0.15) is 4.98 Å². The van der Waals surface area contributed by atoms with Crippen molar-refractivity contribution < 1.29 is 46.5 Å². The van der Waals surface area contributed by atoms with Crippen molar-refractivity contribution in [1.29, 1.82) is 0 Å². The van der Waals surface area contributed by atoms with Crippen LogP contribution < -0.4 is 29.7 Å². The number of anilines is 1. The number of rotatable bonds is 8. The van der Waals surface area contributed by atoms with E-state index in [-0.39, 0.29) is 31.2 Å². The van der Waals surface area contributed by atoms with Crippen LogP contribution in [0.1, 0.15) is 86.5 Å². The quantitative estimate of drug-likeness (QED) is 0.321. The molecule has 2 saturated carbocycles. The molecule has 2 saturated heterocycles. The predicted molar refractivity (Wildman–Crippen MR) is 224 cm³/mol. The summed E-state index contributed by atoms with van der Waals surface area (Å²) in [6, 6.07) is 5.31. The standard InChI is InChI=1S/C43H60N6O10S/c1-26-10-8-9-11-29-24-43(29,39(52)47-60(54,55)42(6)14-15-42)46-36(50)33-23-31(25-49(33)38(51)35(27(2)20-26)45-40(53)59-41(3,4)5)58-37-32-13-12-30(56-7)21-28(32)22-34(44-37)48-16-18-57-19-17-48/h9,11-13,21-22,26-27,29,31,33,35H,8,10,14-20,23-25H2,1-7H3,(H,45,53)(H,46,50)(H,47,52). The fraction of sp³-hybridized carbons (Fsp3) is 0.651. The molecular formula is C43H60N6O10S. The Kier molecular flexibility index (Phi) is 12.1. The Hall–Kier alpha value is -4.64. The molecule has 17 heteroatoms. The van der Waals surface area contributed by atoms with E-state index in [1.54, 1.807) is 34.8 Å². The third-order valence-corrected chi connectivity index (χ3v) is 14.7. The van der Waals surface area contributed by atoms with Gasteiger partial charge in [-0.15, -0.1) is 0 Å². The molecule has 4 fully saturated rings. The number of fused-ring (bicyclic) bond motifs is 3. The SMILES string of the molecule is COc1ccc2c(OC3CC4C(=O)NC5(C(=O)NS(=O)(=O)C6(C)CC6)CC5C=CCCC(C)CC(C)C(NC(=O)OC(C)(C)C)C(=O)N4C3)nc(N3CCOCC3)cc2c1. The van der Waals surface area contributed by atoms with Crippen molar-refractivity contribution in [2.45, 2.75) is 121 Å². The van der Waals surface area contributed by atoms with E-state index in [4.69, 9.17) is 23.9 Å². The minimum Gasteiger partial charge on any atom is -0.497 e. The number of ether oxygens (including phenoxy) is 4. The highest BCUT2D eigenvalue weighted by Crippen LogP contribution is 2.48. The molecule has 7 atom stereocenters. The van der Waals surface area contributed by atoms with Gasteiger partial charge in [-0.1, -0.05) is 26.0 Å². The van der Waals surface area contributed by atoms with E-state index in [0.717, 1.165) is 11.8 Å². The lowest BCUT2D eigenvalue weighted by Crippen LogP contribution is -2.59. The van der Waals surface area contributed by atoms with Crippen LogP contribution in [0.15, 0.2) is 36.4 Å². The van der Waals surface area contributed by atoms with Gasteiger partial charge >= 0.3 is 6.09 Å². The minimum absolute atomic E-state index is 0.0250. The zero-order valence-corrected chi connectivity index (χ0v) is 36.6. The Morgan fingerprint density at radius 3 is 2.48 bits per heavy atom. The Labute approximate surface area is 352 Å². The van der Waals surface area contributed by atoms with Crippen molar-refractivity contribution in [2.24, 2.45) is 17.8 Å². The maximum Gasteiger partial charge on any atom is 0.408 e. The fourth-order valence-electron chi connectivity index (χ4n) is 8.55. The largest absolute Gasteiger partial charge is 0.497 e. The Balaban J connectivity index is 1.25. The minimum atomic E-state index is -4.02. The molecule has 3 aliphatic heterocycles. The van der Waals surface area contributed by atoms with Crippen LogP contribution in [0.2, 0.25) is 0 Å². The number of aromatic nitrogens is 1. The van der Waals surface area contributed by atoms with E-state index in [0.29, 0.717) is 74.8 Å². The Bertz CT molecular complexity index is 2130. The highest BCUT2D eigenvalue weighted by Gasteiger charge is 2.63. The van der Waals surface area contributed by atoms with Crippen molar-refractivity contribution in [3.8, 4) is 11.6 Å². The number of nitrogens with one attached hydrogen (secondary N) is 3. The molecule has 0 radical (unpaired) electrons. The average molecular weight is 853 g/mol. The highest BCUT2D eigenvalue weighted by atomic mass is 32.2. The number of alkyl carbamates (subject to hydrolysis) is 1. The first-order chi connectivity index (χ1) is 28.3. The Morgan fingerprint density at radius 2 is 1.80 bits per heavy atom. The van der Waals surface area contributed by atoms with Crippen LogP contribution in [0, 0.1) is 17.8 Å². The van der Waals surface area contributed by atoms with Gasteiger partial charge in [0.05, 0.1) is 31.6 Å². The molecule has 328 valence electrons. The van der Waals surface area contributed by atoms with E-state index in [9.17, 15) is 27.6 Å². The van der Waals surface area contributed by atoms with Crippen LogP contribution in [0.5, 0.6) is 11.6 Å². The van der Waals surface area contributed by atoms with E-state index < -0.39 is 73.8 Å². The summed E-state index contributed by atoms with van der Waals surface area (Å²) in [7, 11) is -2.42. The molecule has 7 rings (SSSR count). The van der Waals surface area contributed by atoms with Crippen LogP contribution in [0.4, 0.5) is 10.6 Å². The molecule has 0 bridgehead atoms. The van der Waals surface area contributed by atoms with Crippen molar-refractivity contribution in [2.75, 3.05) is 44.9 Å². The molecule has 60 heavy (non-hydrogen) atoms. The maximum absolute atomic E-state index is 15.0. The molecule has 16 nitrogen and oxygen atoms in total. The van der Waals surface area contributed by atoms with Crippen molar-refractivity contribution in [1.82, 2.24) is 25.2 Å². The van der Waals surface area contributed by atoms with Crippen molar-refractivity contribution in [3.63, 3.8) is 0 Å². The third kappa shape index (κ3) is 9.31. The number of pyridine rings is 1. The lowest BCUT2D eigenvalue weighted by Gasteiger charge is -2.33. The smallest absolute Gasteiger partial charge is 0.408 e. The molecule has 7 unspecified atom stereocenters. The number of amides is 4. The monoisotopic (exact) mass is 852 g/mol. The molecule has 4 amide bonds. The number of carbonyl (C=O) groups excluding carboxylic acids is 4. The van der Waals surface area contributed by atoms with E-state index in [1.165, 1.54) is 4.90 Å². The third-order valence-electron chi connectivity index (χ3n) is 12.5. The van der Waals surface area contributed by atoms with Crippen molar-refractivity contribution >= 4 is 50.4 Å². The van der Waals surface area contributed by atoms with Gasteiger partial charge in [0.1, 0.15) is 40.9 Å². The molecule has 3 N–H and O–H groups in total. The number of morpholine rings is 1. The van der Waals surface area contributed by atoms with Gasteiger partial charge in [0.25, 0.3) is 5.91 Å². The maximum atomic E-state index is 15.0. The van der Waals surface area contributed by atoms with Gasteiger partial charge in [0.2, 0.25) is 27.7 Å². The van der Waals surface area contributed by atoms with Crippen LogP contribution in [-0.4, -0.2) is 116 Å². The number of allylic oxidation sites excluding steroid dienone is 1. The molecular weight excluding hydrogens is 793 g/mol. The summed E-state index contributed by atoms with van der Waals surface area (Å²) in [6.45, 7) is 13.1. The van der Waals surface area contributed by atoms with Crippen LogP contribution in [0.3, 0.4) is 0 Å². The van der Waals surface area contributed by atoms with Gasteiger partial charge in [-0.25, -0.2) is 13.2 Å². The first-order valence-electron chi connectivity index (χ1n) is 21.1. The van der Waals surface area contributed by atoms with Crippen molar-refractivity contribution in [3.05, 3.63) is 36.4 Å². The lowest BCUT2D eigenvalue weighted by atomic mass is 9.88. The number of hydrogen-bond donors (Lipinski definition) is 3. The number of methoxy groups -OCH3 is 1. The van der Waals surface area contributed by atoms with Crippen LogP contribution >= 0.6 is 0 Å². The summed E-state index contributed by atoms with van der Waals surface area (Å²) in [5.41, 5.74) is -2.38. The first kappa shape index (κ1) is 43.4. The zero-order valence-electron chi connectivity index (χ0n) is 35.7. The second-order valence-corrected chi connectivity index (χ2v) is 20.8. The van der Waals surface area contributed by atoms with Gasteiger partial charge in [0.15, 0.2) is 0 Å². The number of benzene rings is 1. The molecule has 0 spiro atoms. The van der Waals surface area contributed by atoms with Gasteiger partial charge < -0.3 is 39.4 Å². The molecule has 2 aromatic rings.